The lowest BCUT2D eigenvalue weighted by Crippen LogP contribution is -2.35. The molecule has 0 saturated heterocycles. The summed E-state index contributed by atoms with van der Waals surface area (Å²) in [5.41, 5.74) is -0.820. The van der Waals surface area contributed by atoms with Crippen molar-refractivity contribution < 1.29 is 28.7 Å². The molecule has 0 aromatic heterocycles. The van der Waals surface area contributed by atoms with E-state index in [1.165, 1.54) is 14.2 Å². The SMILES string of the molecule is CCC[C@H](C)NC(=O)COC(=O)c1cc(OC)c(OC)cc1[N+](=O)[O-]. The van der Waals surface area contributed by atoms with Crippen molar-refractivity contribution >= 4 is 17.6 Å². The van der Waals surface area contributed by atoms with Gasteiger partial charge in [0.15, 0.2) is 18.1 Å². The van der Waals surface area contributed by atoms with Crippen molar-refractivity contribution in [2.24, 2.45) is 0 Å². The second-order valence-corrected chi connectivity index (χ2v) is 5.31. The zero-order chi connectivity index (χ0) is 19.0. The van der Waals surface area contributed by atoms with Crippen LogP contribution in [0.3, 0.4) is 0 Å². The molecular formula is C16H22N2O7. The number of benzene rings is 1. The molecule has 1 N–H and O–H groups in total. The number of nitro benzene ring substituents is 1. The highest BCUT2D eigenvalue weighted by Gasteiger charge is 2.26. The number of nitro groups is 1. The third-order valence-electron chi connectivity index (χ3n) is 3.38. The Hall–Kier alpha value is -2.84. The zero-order valence-corrected chi connectivity index (χ0v) is 14.7. The van der Waals surface area contributed by atoms with Crippen LogP contribution in [0.15, 0.2) is 12.1 Å². The van der Waals surface area contributed by atoms with Crippen LogP contribution in [0.5, 0.6) is 11.5 Å². The predicted molar refractivity (Wildman–Crippen MR) is 89.0 cm³/mol. The standard InChI is InChI=1S/C16H22N2O7/c1-5-6-10(2)17-15(19)9-25-16(20)11-7-13(23-3)14(24-4)8-12(11)18(21)22/h7-8,10H,5-6,9H2,1-4H3,(H,17,19)/t10-/m0/s1. The molecule has 0 aliphatic heterocycles. The minimum absolute atomic E-state index is 0.0494. The van der Waals surface area contributed by atoms with Crippen LogP contribution in [0.25, 0.3) is 0 Å². The molecular weight excluding hydrogens is 332 g/mol. The third-order valence-corrected chi connectivity index (χ3v) is 3.38. The van der Waals surface area contributed by atoms with Gasteiger partial charge in [-0.25, -0.2) is 4.79 Å². The third kappa shape index (κ3) is 5.63. The highest BCUT2D eigenvalue weighted by molar-refractivity contribution is 5.96. The number of esters is 1. The average Bonchev–Trinajstić information content (AvgIpc) is 2.58. The number of carbonyl (C=O) groups excluding carboxylic acids is 2. The fraction of sp³-hybridized carbons (Fsp3) is 0.500. The van der Waals surface area contributed by atoms with Crippen LogP contribution in [0, 0.1) is 10.1 Å². The van der Waals surface area contributed by atoms with Gasteiger partial charge in [0.1, 0.15) is 5.56 Å². The molecule has 0 aliphatic rings. The maximum Gasteiger partial charge on any atom is 0.345 e. The van der Waals surface area contributed by atoms with Gasteiger partial charge in [-0.1, -0.05) is 13.3 Å². The number of ether oxygens (including phenoxy) is 3. The van der Waals surface area contributed by atoms with Crippen molar-refractivity contribution in [2.45, 2.75) is 32.7 Å². The summed E-state index contributed by atoms with van der Waals surface area (Å²) in [5.74, 6) is -1.22. The summed E-state index contributed by atoms with van der Waals surface area (Å²) in [6, 6.07) is 2.17. The van der Waals surface area contributed by atoms with Crippen LogP contribution in [-0.2, 0) is 9.53 Å². The van der Waals surface area contributed by atoms with Gasteiger partial charge in [0.2, 0.25) is 0 Å². The largest absolute Gasteiger partial charge is 0.493 e. The van der Waals surface area contributed by atoms with E-state index in [2.05, 4.69) is 5.32 Å². The van der Waals surface area contributed by atoms with Crippen molar-refractivity contribution in [3.63, 3.8) is 0 Å². The van der Waals surface area contributed by atoms with Gasteiger partial charge in [-0.05, 0) is 13.3 Å². The lowest BCUT2D eigenvalue weighted by molar-refractivity contribution is -0.385. The average molecular weight is 354 g/mol. The van der Waals surface area contributed by atoms with Crippen molar-refractivity contribution in [1.29, 1.82) is 0 Å². The molecule has 1 rings (SSSR count). The zero-order valence-electron chi connectivity index (χ0n) is 14.7. The molecule has 0 unspecified atom stereocenters. The maximum absolute atomic E-state index is 12.2. The van der Waals surface area contributed by atoms with Gasteiger partial charge in [-0.15, -0.1) is 0 Å². The van der Waals surface area contributed by atoms with E-state index in [1.54, 1.807) is 0 Å². The molecule has 0 fully saturated rings. The molecule has 0 heterocycles. The van der Waals surface area contributed by atoms with E-state index in [9.17, 15) is 19.7 Å². The predicted octanol–water partition coefficient (Wildman–Crippen LogP) is 2.07. The first kappa shape index (κ1) is 20.2. The van der Waals surface area contributed by atoms with Crippen molar-refractivity contribution in [2.75, 3.05) is 20.8 Å². The van der Waals surface area contributed by atoms with Crippen LogP contribution in [0.1, 0.15) is 37.0 Å². The Kier molecular flexibility index (Phi) is 7.64. The van der Waals surface area contributed by atoms with Crippen LogP contribution < -0.4 is 14.8 Å². The van der Waals surface area contributed by atoms with Crippen LogP contribution in [-0.4, -0.2) is 43.7 Å². The molecule has 0 spiro atoms. The Morgan fingerprint density at radius 1 is 1.24 bits per heavy atom. The molecule has 1 atom stereocenters. The first-order valence-electron chi connectivity index (χ1n) is 7.70. The van der Waals surface area contributed by atoms with Gasteiger partial charge in [-0.2, -0.15) is 0 Å². The molecule has 0 bridgehead atoms. The van der Waals surface area contributed by atoms with Gasteiger partial charge in [-0.3, -0.25) is 14.9 Å². The first-order valence-corrected chi connectivity index (χ1v) is 7.70. The Morgan fingerprint density at radius 3 is 2.36 bits per heavy atom. The van der Waals surface area contributed by atoms with Gasteiger partial charge in [0.05, 0.1) is 25.2 Å². The number of nitrogens with one attached hydrogen (secondary N) is 1. The molecule has 1 aromatic rings. The number of rotatable bonds is 9. The van der Waals surface area contributed by atoms with E-state index in [4.69, 9.17) is 14.2 Å². The van der Waals surface area contributed by atoms with Crippen LogP contribution in [0.4, 0.5) is 5.69 Å². The Morgan fingerprint density at radius 2 is 1.84 bits per heavy atom. The van der Waals surface area contributed by atoms with E-state index < -0.39 is 29.1 Å². The fourth-order valence-electron chi connectivity index (χ4n) is 2.21. The highest BCUT2D eigenvalue weighted by Crippen LogP contribution is 2.34. The summed E-state index contributed by atoms with van der Waals surface area (Å²) < 4.78 is 14.9. The molecule has 25 heavy (non-hydrogen) atoms. The minimum atomic E-state index is -0.994. The Labute approximate surface area is 145 Å². The molecule has 1 amide bonds. The molecule has 138 valence electrons. The Balaban J connectivity index is 2.90. The van der Waals surface area contributed by atoms with Crippen LogP contribution in [0.2, 0.25) is 0 Å². The maximum atomic E-state index is 12.2. The summed E-state index contributed by atoms with van der Waals surface area (Å²) in [5, 5.41) is 13.8. The van der Waals surface area contributed by atoms with E-state index in [0.29, 0.717) is 0 Å². The topological polar surface area (TPSA) is 117 Å². The van der Waals surface area contributed by atoms with Gasteiger partial charge in [0, 0.05) is 12.1 Å². The lowest BCUT2D eigenvalue weighted by atomic mass is 10.1. The smallest absolute Gasteiger partial charge is 0.345 e. The summed E-state index contributed by atoms with van der Waals surface area (Å²) in [6.07, 6.45) is 1.69. The number of carbonyl (C=O) groups is 2. The number of hydrogen-bond acceptors (Lipinski definition) is 7. The van der Waals surface area contributed by atoms with E-state index in [1.807, 2.05) is 13.8 Å². The van der Waals surface area contributed by atoms with Crippen molar-refractivity contribution in [3.8, 4) is 11.5 Å². The first-order chi connectivity index (χ1) is 11.8. The molecule has 9 heteroatoms. The lowest BCUT2D eigenvalue weighted by Gasteiger charge is -2.13. The van der Waals surface area contributed by atoms with Crippen molar-refractivity contribution in [1.82, 2.24) is 5.32 Å². The molecule has 0 saturated carbocycles. The number of hydrogen-bond donors (Lipinski definition) is 1. The second-order valence-electron chi connectivity index (χ2n) is 5.31. The number of nitrogens with zero attached hydrogens (tertiary/aromatic N) is 1. The Bertz CT molecular complexity index is 646. The number of amides is 1. The van der Waals surface area contributed by atoms with Gasteiger partial charge < -0.3 is 19.5 Å². The minimum Gasteiger partial charge on any atom is -0.493 e. The second kappa shape index (κ2) is 9.45. The molecule has 1 aromatic carbocycles. The summed E-state index contributed by atoms with van der Waals surface area (Å²) in [7, 11) is 2.66. The molecule has 0 radical (unpaired) electrons. The van der Waals surface area contributed by atoms with E-state index in [0.717, 1.165) is 25.0 Å². The summed E-state index contributed by atoms with van der Waals surface area (Å²) >= 11 is 0. The van der Waals surface area contributed by atoms with Gasteiger partial charge >= 0.3 is 5.97 Å². The molecule has 0 aliphatic carbocycles. The number of methoxy groups -OCH3 is 2. The van der Waals surface area contributed by atoms with E-state index >= 15 is 0 Å². The normalized spacial score (nSPS) is 11.4. The van der Waals surface area contributed by atoms with E-state index in [-0.39, 0.29) is 23.1 Å². The van der Waals surface area contributed by atoms with Crippen LogP contribution >= 0.6 is 0 Å². The quantitative estimate of drug-likeness (QED) is 0.410. The van der Waals surface area contributed by atoms with Gasteiger partial charge in [0.25, 0.3) is 11.6 Å². The fourth-order valence-corrected chi connectivity index (χ4v) is 2.21. The summed E-state index contributed by atoms with van der Waals surface area (Å²) in [6.45, 7) is 3.29. The monoisotopic (exact) mass is 354 g/mol. The summed E-state index contributed by atoms with van der Waals surface area (Å²) in [4.78, 5) is 34.3. The highest BCUT2D eigenvalue weighted by atomic mass is 16.6. The van der Waals surface area contributed by atoms with Crippen molar-refractivity contribution in [3.05, 3.63) is 27.8 Å². The molecule has 9 nitrogen and oxygen atoms in total.